The highest BCUT2D eigenvalue weighted by atomic mass is 19.1. The number of carbonyl (C=O) groups is 1. The van der Waals surface area contributed by atoms with Crippen LogP contribution in [0.2, 0.25) is 0 Å². The van der Waals surface area contributed by atoms with Crippen molar-refractivity contribution < 1.29 is 13.7 Å². The van der Waals surface area contributed by atoms with Crippen LogP contribution in [0, 0.1) is 5.82 Å². The Hall–Kier alpha value is -2.96. The molecule has 6 nitrogen and oxygen atoms in total. The van der Waals surface area contributed by atoms with Crippen molar-refractivity contribution >= 4 is 22.4 Å². The van der Waals surface area contributed by atoms with Gasteiger partial charge in [-0.05, 0) is 36.6 Å². The van der Waals surface area contributed by atoms with Gasteiger partial charge >= 0.3 is 0 Å². The fourth-order valence-corrected chi connectivity index (χ4v) is 3.59. The summed E-state index contributed by atoms with van der Waals surface area (Å²) >= 11 is 0. The topological polar surface area (TPSA) is 75.0 Å². The van der Waals surface area contributed by atoms with Crippen LogP contribution in [0.25, 0.3) is 16.5 Å². The van der Waals surface area contributed by atoms with Crippen molar-refractivity contribution in [2.75, 3.05) is 13.1 Å². The zero-order chi connectivity index (χ0) is 19.5. The Morgan fingerprint density at radius 3 is 3.04 bits per heavy atom. The van der Waals surface area contributed by atoms with Gasteiger partial charge in [0.05, 0.1) is 0 Å². The SMILES string of the molecule is CCCc1noc(CCC(=O)N2CC=C(c3c[nH]c4cc(F)ccc34)CC2)n1. The van der Waals surface area contributed by atoms with Gasteiger partial charge in [-0.25, -0.2) is 4.39 Å². The van der Waals surface area contributed by atoms with E-state index >= 15 is 0 Å². The molecule has 0 unspecified atom stereocenters. The molecule has 0 fully saturated rings. The molecule has 0 atom stereocenters. The lowest BCUT2D eigenvalue weighted by Gasteiger charge is -2.26. The summed E-state index contributed by atoms with van der Waals surface area (Å²) in [6.45, 7) is 3.31. The lowest BCUT2D eigenvalue weighted by molar-refractivity contribution is -0.130. The quantitative estimate of drug-likeness (QED) is 0.702. The van der Waals surface area contributed by atoms with Crippen molar-refractivity contribution in [2.45, 2.75) is 39.0 Å². The van der Waals surface area contributed by atoms with Crippen LogP contribution >= 0.6 is 0 Å². The van der Waals surface area contributed by atoms with E-state index in [1.807, 2.05) is 11.1 Å². The molecule has 4 rings (SSSR count). The van der Waals surface area contributed by atoms with Crippen LogP contribution in [0.3, 0.4) is 0 Å². The first-order valence-corrected chi connectivity index (χ1v) is 9.69. The lowest BCUT2D eigenvalue weighted by atomic mass is 9.98. The molecule has 0 spiro atoms. The number of carbonyl (C=O) groups excluding carboxylic acids is 1. The average molecular weight is 382 g/mol. The summed E-state index contributed by atoms with van der Waals surface area (Å²) in [5.74, 6) is 1.06. The van der Waals surface area contributed by atoms with Gasteiger partial charge in [0.2, 0.25) is 11.8 Å². The average Bonchev–Trinajstić information content (AvgIpc) is 3.33. The Morgan fingerprint density at radius 1 is 1.36 bits per heavy atom. The molecule has 0 saturated heterocycles. The minimum absolute atomic E-state index is 0.0894. The van der Waals surface area contributed by atoms with Gasteiger partial charge in [0.15, 0.2) is 5.82 Å². The number of halogens is 1. The number of nitrogens with one attached hydrogen (secondary N) is 1. The zero-order valence-corrected chi connectivity index (χ0v) is 15.9. The molecule has 3 aromatic rings. The van der Waals surface area contributed by atoms with Crippen LogP contribution in [0.4, 0.5) is 4.39 Å². The van der Waals surface area contributed by atoms with Crippen molar-refractivity contribution in [1.82, 2.24) is 20.0 Å². The molecule has 28 heavy (non-hydrogen) atoms. The van der Waals surface area contributed by atoms with Crippen LogP contribution in [-0.4, -0.2) is 39.0 Å². The summed E-state index contributed by atoms with van der Waals surface area (Å²) in [6.07, 6.45) is 7.36. The number of benzene rings is 1. The molecule has 1 aliphatic heterocycles. The lowest BCUT2D eigenvalue weighted by Crippen LogP contribution is -2.34. The van der Waals surface area contributed by atoms with E-state index in [0.29, 0.717) is 37.6 Å². The molecule has 0 bridgehead atoms. The van der Waals surface area contributed by atoms with E-state index in [9.17, 15) is 9.18 Å². The maximum absolute atomic E-state index is 13.4. The third kappa shape index (κ3) is 3.83. The highest BCUT2D eigenvalue weighted by molar-refractivity contribution is 5.93. The van der Waals surface area contributed by atoms with Gasteiger partial charge in [-0.2, -0.15) is 4.98 Å². The van der Waals surface area contributed by atoms with E-state index in [0.717, 1.165) is 35.7 Å². The van der Waals surface area contributed by atoms with Crippen molar-refractivity contribution in [3.8, 4) is 0 Å². The number of fused-ring (bicyclic) bond motifs is 1. The van der Waals surface area contributed by atoms with Gasteiger partial charge in [0, 0.05) is 55.0 Å². The first-order chi connectivity index (χ1) is 13.6. The van der Waals surface area contributed by atoms with E-state index in [1.54, 1.807) is 6.07 Å². The normalized spacial score (nSPS) is 14.5. The van der Waals surface area contributed by atoms with E-state index in [1.165, 1.54) is 17.7 Å². The third-order valence-electron chi connectivity index (χ3n) is 5.09. The van der Waals surface area contributed by atoms with Gasteiger partial charge in [0.25, 0.3) is 0 Å². The predicted octanol–water partition coefficient (Wildman–Crippen LogP) is 3.89. The molecule has 1 aliphatic rings. The van der Waals surface area contributed by atoms with Crippen LogP contribution < -0.4 is 0 Å². The highest BCUT2D eigenvalue weighted by Crippen LogP contribution is 2.29. The Kier molecular flexibility index (Phi) is 5.23. The summed E-state index contributed by atoms with van der Waals surface area (Å²) in [4.78, 5) is 21.8. The zero-order valence-electron chi connectivity index (χ0n) is 15.9. The molecule has 1 amide bonds. The van der Waals surface area contributed by atoms with E-state index < -0.39 is 0 Å². The second-order valence-corrected chi connectivity index (χ2v) is 7.07. The monoisotopic (exact) mass is 382 g/mol. The van der Waals surface area contributed by atoms with Gasteiger partial charge in [-0.3, -0.25) is 4.79 Å². The molecule has 1 N–H and O–H groups in total. The molecular formula is C21H23FN4O2. The largest absolute Gasteiger partial charge is 0.360 e. The molecule has 7 heteroatoms. The van der Waals surface area contributed by atoms with E-state index in [-0.39, 0.29) is 11.7 Å². The molecule has 0 aliphatic carbocycles. The molecule has 1 aromatic carbocycles. The van der Waals surface area contributed by atoms with Gasteiger partial charge in [-0.1, -0.05) is 18.2 Å². The summed E-state index contributed by atoms with van der Waals surface area (Å²) in [5.41, 5.74) is 3.05. The minimum Gasteiger partial charge on any atom is -0.360 e. The summed E-state index contributed by atoms with van der Waals surface area (Å²) < 4.78 is 18.6. The number of hydrogen-bond donors (Lipinski definition) is 1. The van der Waals surface area contributed by atoms with Gasteiger partial charge in [0.1, 0.15) is 5.82 Å². The molecular weight excluding hydrogens is 359 g/mol. The maximum Gasteiger partial charge on any atom is 0.227 e. The van der Waals surface area contributed by atoms with Crippen LogP contribution in [0.15, 0.2) is 35.0 Å². The standard InChI is InChI=1S/C21H23FN4O2/c1-2-3-19-24-20(28-25-19)6-7-21(27)26-10-8-14(9-11-26)17-13-23-18-12-15(22)4-5-16(17)18/h4-5,8,12-13,23H,2-3,6-7,9-11H2,1H3. The van der Waals surface area contributed by atoms with Crippen LogP contribution in [0.1, 0.15) is 43.5 Å². The molecule has 0 saturated carbocycles. The molecule has 0 radical (unpaired) electrons. The summed E-state index contributed by atoms with van der Waals surface area (Å²) in [7, 11) is 0. The number of aromatic nitrogens is 3. The smallest absolute Gasteiger partial charge is 0.227 e. The number of H-pyrrole nitrogens is 1. The predicted molar refractivity (Wildman–Crippen MR) is 104 cm³/mol. The Bertz CT molecular complexity index is 1020. The highest BCUT2D eigenvalue weighted by Gasteiger charge is 2.20. The van der Waals surface area contributed by atoms with E-state index in [2.05, 4.69) is 28.1 Å². The molecule has 146 valence electrons. The summed E-state index contributed by atoms with van der Waals surface area (Å²) in [5, 5.41) is 4.92. The Labute approximate surface area is 162 Å². The van der Waals surface area contributed by atoms with Crippen molar-refractivity contribution in [3.05, 3.63) is 53.6 Å². The third-order valence-corrected chi connectivity index (χ3v) is 5.09. The van der Waals surface area contributed by atoms with Crippen molar-refractivity contribution in [1.29, 1.82) is 0 Å². The number of aryl methyl sites for hydroxylation is 2. The molecule has 3 heterocycles. The van der Waals surface area contributed by atoms with Crippen molar-refractivity contribution in [3.63, 3.8) is 0 Å². The van der Waals surface area contributed by atoms with Crippen LogP contribution in [0.5, 0.6) is 0 Å². The van der Waals surface area contributed by atoms with E-state index in [4.69, 9.17) is 4.52 Å². The number of amides is 1. The second kappa shape index (κ2) is 7.96. The number of aromatic amines is 1. The summed E-state index contributed by atoms with van der Waals surface area (Å²) in [6, 6.07) is 4.77. The maximum atomic E-state index is 13.4. The van der Waals surface area contributed by atoms with Gasteiger partial charge < -0.3 is 14.4 Å². The Morgan fingerprint density at radius 2 is 2.25 bits per heavy atom. The number of nitrogens with zero attached hydrogens (tertiary/aromatic N) is 3. The minimum atomic E-state index is -0.252. The first kappa shape index (κ1) is 18.4. The van der Waals surface area contributed by atoms with Crippen molar-refractivity contribution in [2.24, 2.45) is 0 Å². The Balaban J connectivity index is 1.36. The fourth-order valence-electron chi connectivity index (χ4n) is 3.59. The van der Waals surface area contributed by atoms with Gasteiger partial charge in [-0.15, -0.1) is 0 Å². The number of rotatable bonds is 6. The number of hydrogen-bond acceptors (Lipinski definition) is 4. The fraction of sp³-hybridized carbons (Fsp3) is 0.381. The second-order valence-electron chi connectivity index (χ2n) is 7.07. The van der Waals surface area contributed by atoms with Crippen LogP contribution in [-0.2, 0) is 17.6 Å². The molecule has 2 aromatic heterocycles. The first-order valence-electron chi connectivity index (χ1n) is 9.69.